The van der Waals surface area contributed by atoms with Crippen LogP contribution in [0.1, 0.15) is 44.3 Å². The Morgan fingerprint density at radius 1 is 1.15 bits per heavy atom. The largest absolute Gasteiger partial charge is 0.481 e. The number of carbonyl (C=O) groups is 2. The van der Waals surface area contributed by atoms with Crippen molar-refractivity contribution in [3.8, 4) is 11.3 Å². The van der Waals surface area contributed by atoms with E-state index in [0.29, 0.717) is 22.1 Å². The van der Waals surface area contributed by atoms with Crippen LogP contribution in [0.3, 0.4) is 0 Å². The van der Waals surface area contributed by atoms with Crippen molar-refractivity contribution in [1.82, 2.24) is 15.4 Å². The minimum Gasteiger partial charge on any atom is -0.481 e. The second-order valence-corrected chi connectivity index (χ2v) is 9.64. The summed E-state index contributed by atoms with van der Waals surface area (Å²) in [7, 11) is 0. The zero-order valence-electron chi connectivity index (χ0n) is 17.7. The summed E-state index contributed by atoms with van der Waals surface area (Å²) < 4.78 is 0.891. The van der Waals surface area contributed by atoms with E-state index in [0.717, 1.165) is 41.1 Å². The number of halogens is 2. The Hall–Kier alpha value is -2.84. The number of hydrogen-bond acceptors (Lipinski definition) is 5. The van der Waals surface area contributed by atoms with Gasteiger partial charge in [-0.25, -0.2) is 15.4 Å². The summed E-state index contributed by atoms with van der Waals surface area (Å²) in [4.78, 5) is 32.9. The van der Waals surface area contributed by atoms with E-state index < -0.39 is 11.4 Å². The Morgan fingerprint density at radius 3 is 2.64 bits per heavy atom. The zero-order valence-corrected chi connectivity index (χ0v) is 20.1. The molecular weight excluding hydrogens is 508 g/mol. The standard InChI is InChI=1S/C24H22BrClN4O3/c25-15-7-8-19-17(11-15)23(16-5-1-2-6-18(16)26)29-20(28-19)14-27-30-21(31)12-24(13-22(32)33)9-3-4-10-24/h1-2,5-8,11,14H,3-4,9-10,12-13H2,(H,30,31)(H,32,33)/b27-14+. The molecule has 1 aliphatic carbocycles. The molecule has 1 heterocycles. The van der Waals surface area contributed by atoms with E-state index in [-0.39, 0.29) is 18.7 Å². The maximum atomic E-state index is 12.5. The number of carbonyl (C=O) groups excluding carboxylic acids is 1. The summed E-state index contributed by atoms with van der Waals surface area (Å²) in [6, 6.07) is 13.1. The molecule has 0 spiro atoms. The molecule has 1 amide bonds. The van der Waals surface area contributed by atoms with Gasteiger partial charge in [-0.1, -0.05) is 58.6 Å². The Balaban J connectivity index is 1.57. The lowest BCUT2D eigenvalue weighted by Gasteiger charge is -2.25. The summed E-state index contributed by atoms with van der Waals surface area (Å²) in [6.07, 6.45) is 4.87. The average molecular weight is 530 g/mol. The molecule has 9 heteroatoms. The molecule has 1 aromatic heterocycles. The van der Waals surface area contributed by atoms with Gasteiger partial charge in [0.1, 0.15) is 0 Å². The van der Waals surface area contributed by atoms with E-state index in [2.05, 4.69) is 36.4 Å². The van der Waals surface area contributed by atoms with Crippen LogP contribution in [0.15, 0.2) is 52.0 Å². The predicted molar refractivity (Wildman–Crippen MR) is 131 cm³/mol. The monoisotopic (exact) mass is 528 g/mol. The molecule has 0 radical (unpaired) electrons. The Morgan fingerprint density at radius 2 is 1.91 bits per heavy atom. The first-order valence-electron chi connectivity index (χ1n) is 10.6. The van der Waals surface area contributed by atoms with Gasteiger partial charge in [0.15, 0.2) is 5.82 Å². The molecule has 0 aliphatic heterocycles. The predicted octanol–water partition coefficient (Wildman–Crippen LogP) is 5.59. The highest BCUT2D eigenvalue weighted by atomic mass is 79.9. The lowest BCUT2D eigenvalue weighted by atomic mass is 9.79. The number of carboxylic acid groups (broad SMARTS) is 1. The molecule has 1 fully saturated rings. The van der Waals surface area contributed by atoms with E-state index in [9.17, 15) is 14.7 Å². The van der Waals surface area contributed by atoms with Crippen LogP contribution in [0.25, 0.3) is 22.2 Å². The molecule has 1 saturated carbocycles. The molecule has 0 atom stereocenters. The van der Waals surface area contributed by atoms with Gasteiger partial charge in [0.25, 0.3) is 0 Å². The van der Waals surface area contributed by atoms with Crippen molar-refractivity contribution in [3.05, 3.63) is 57.8 Å². The molecule has 0 unspecified atom stereocenters. The summed E-state index contributed by atoms with van der Waals surface area (Å²) in [5.41, 5.74) is 4.15. The molecule has 1 aliphatic rings. The van der Waals surface area contributed by atoms with Crippen molar-refractivity contribution in [1.29, 1.82) is 0 Å². The minimum atomic E-state index is -0.878. The van der Waals surface area contributed by atoms with Crippen molar-refractivity contribution in [2.45, 2.75) is 38.5 Å². The van der Waals surface area contributed by atoms with Crippen molar-refractivity contribution >= 4 is 56.5 Å². The van der Waals surface area contributed by atoms with Crippen LogP contribution in [0, 0.1) is 5.41 Å². The highest BCUT2D eigenvalue weighted by molar-refractivity contribution is 9.10. The van der Waals surface area contributed by atoms with Gasteiger partial charge in [0.05, 0.1) is 23.8 Å². The van der Waals surface area contributed by atoms with Gasteiger partial charge in [-0.2, -0.15) is 5.10 Å². The van der Waals surface area contributed by atoms with Crippen molar-refractivity contribution in [2.24, 2.45) is 10.5 Å². The van der Waals surface area contributed by atoms with Crippen LogP contribution in [0.2, 0.25) is 5.02 Å². The normalized spacial score (nSPS) is 15.2. The zero-order chi connectivity index (χ0) is 23.4. The molecular formula is C24H22BrClN4O3. The number of benzene rings is 2. The molecule has 2 N–H and O–H groups in total. The molecule has 4 rings (SSSR count). The van der Waals surface area contributed by atoms with Gasteiger partial charge >= 0.3 is 5.97 Å². The maximum absolute atomic E-state index is 12.5. The fourth-order valence-electron chi connectivity index (χ4n) is 4.44. The van der Waals surface area contributed by atoms with Crippen molar-refractivity contribution in [3.63, 3.8) is 0 Å². The van der Waals surface area contributed by atoms with E-state index in [4.69, 9.17) is 11.6 Å². The number of amides is 1. The molecule has 3 aromatic rings. The third-order valence-corrected chi connectivity index (χ3v) is 6.72. The number of nitrogens with zero attached hydrogens (tertiary/aromatic N) is 3. The number of aromatic nitrogens is 2. The lowest BCUT2D eigenvalue weighted by Crippen LogP contribution is -2.29. The fraction of sp³-hybridized carbons (Fsp3) is 0.292. The number of carboxylic acids is 1. The highest BCUT2D eigenvalue weighted by Crippen LogP contribution is 2.44. The number of nitrogens with one attached hydrogen (secondary N) is 1. The third-order valence-electron chi connectivity index (χ3n) is 5.90. The molecule has 7 nitrogen and oxygen atoms in total. The first-order chi connectivity index (χ1) is 15.8. The Bertz CT molecular complexity index is 1240. The van der Waals surface area contributed by atoms with Gasteiger partial charge in [-0.05, 0) is 42.5 Å². The first-order valence-corrected chi connectivity index (χ1v) is 11.8. The van der Waals surface area contributed by atoms with Gasteiger partial charge in [-0.15, -0.1) is 0 Å². The van der Waals surface area contributed by atoms with E-state index in [1.54, 1.807) is 6.07 Å². The Kier molecular flexibility index (Phi) is 7.05. The van der Waals surface area contributed by atoms with E-state index in [1.165, 1.54) is 6.21 Å². The smallest absolute Gasteiger partial charge is 0.303 e. The van der Waals surface area contributed by atoms with E-state index >= 15 is 0 Å². The SMILES string of the molecule is O=C(O)CC1(CC(=O)N/N=C/c2nc(-c3ccccc3Cl)c3cc(Br)ccc3n2)CCCC1. The van der Waals surface area contributed by atoms with Crippen LogP contribution in [0.5, 0.6) is 0 Å². The summed E-state index contributed by atoms with van der Waals surface area (Å²) in [6.45, 7) is 0. The number of hydrogen-bond donors (Lipinski definition) is 2. The molecule has 0 saturated heterocycles. The average Bonchev–Trinajstić information content (AvgIpc) is 3.21. The lowest BCUT2D eigenvalue weighted by molar-refractivity contribution is -0.140. The first kappa shape index (κ1) is 23.3. The van der Waals surface area contributed by atoms with Crippen LogP contribution in [-0.2, 0) is 9.59 Å². The fourth-order valence-corrected chi connectivity index (χ4v) is 5.03. The van der Waals surface area contributed by atoms with Crippen molar-refractivity contribution in [2.75, 3.05) is 0 Å². The topological polar surface area (TPSA) is 105 Å². The van der Waals surface area contributed by atoms with Crippen LogP contribution in [0.4, 0.5) is 0 Å². The number of fused-ring (bicyclic) bond motifs is 1. The van der Waals surface area contributed by atoms with Crippen LogP contribution < -0.4 is 5.43 Å². The van der Waals surface area contributed by atoms with Gasteiger partial charge in [-0.3, -0.25) is 9.59 Å². The maximum Gasteiger partial charge on any atom is 0.303 e. The van der Waals surface area contributed by atoms with Crippen LogP contribution >= 0.6 is 27.5 Å². The Labute approximate surface area is 204 Å². The van der Waals surface area contributed by atoms with E-state index in [1.807, 2.05) is 36.4 Å². The minimum absolute atomic E-state index is 0.00528. The number of aliphatic carboxylic acids is 1. The molecule has 2 aromatic carbocycles. The van der Waals surface area contributed by atoms with Crippen LogP contribution in [-0.4, -0.2) is 33.2 Å². The second kappa shape index (κ2) is 9.97. The molecule has 33 heavy (non-hydrogen) atoms. The third kappa shape index (κ3) is 5.57. The molecule has 0 bridgehead atoms. The van der Waals surface area contributed by atoms with Gasteiger partial charge in [0, 0.05) is 26.9 Å². The number of rotatable bonds is 7. The van der Waals surface area contributed by atoms with Crippen molar-refractivity contribution < 1.29 is 14.7 Å². The summed E-state index contributed by atoms with van der Waals surface area (Å²) in [5.74, 6) is -0.872. The number of hydrazone groups is 1. The molecule has 170 valence electrons. The highest BCUT2D eigenvalue weighted by Gasteiger charge is 2.37. The summed E-state index contributed by atoms with van der Waals surface area (Å²) in [5, 5.41) is 14.7. The quantitative estimate of drug-likeness (QED) is 0.307. The second-order valence-electron chi connectivity index (χ2n) is 8.32. The van der Waals surface area contributed by atoms with Gasteiger partial charge in [0.2, 0.25) is 5.91 Å². The van der Waals surface area contributed by atoms with Gasteiger partial charge < -0.3 is 5.11 Å². The summed E-state index contributed by atoms with van der Waals surface area (Å²) >= 11 is 9.91.